The van der Waals surface area contributed by atoms with E-state index in [2.05, 4.69) is 22.0 Å². The lowest BCUT2D eigenvalue weighted by atomic mass is 10.1. The number of nitrogens with zero attached hydrogens (tertiary/aromatic N) is 3. The summed E-state index contributed by atoms with van der Waals surface area (Å²) in [5, 5.41) is 7.16. The number of nitrogens with one attached hydrogen (secondary N) is 1. The van der Waals surface area contributed by atoms with Crippen molar-refractivity contribution in [3.8, 4) is 0 Å². The second kappa shape index (κ2) is 7.29. The second-order valence-electron chi connectivity index (χ2n) is 6.15. The van der Waals surface area contributed by atoms with Gasteiger partial charge in [-0.15, -0.1) is 0 Å². The van der Waals surface area contributed by atoms with Crippen molar-refractivity contribution < 1.29 is 0 Å². The van der Waals surface area contributed by atoms with Crippen LogP contribution in [0, 0.1) is 0 Å². The molecule has 3 rings (SSSR count). The van der Waals surface area contributed by atoms with Crippen molar-refractivity contribution in [2.24, 2.45) is 0 Å². The van der Waals surface area contributed by atoms with Crippen LogP contribution in [0.25, 0.3) is 0 Å². The maximum absolute atomic E-state index is 12.1. The first-order valence-corrected chi connectivity index (χ1v) is 9.31. The highest BCUT2D eigenvalue weighted by atomic mass is 32.1. The number of aryl methyl sites for hydroxylation is 1. The van der Waals surface area contributed by atoms with Gasteiger partial charge in [0, 0.05) is 32.6 Å². The average molecular weight is 350 g/mol. The minimum atomic E-state index is -0.352. The molecule has 0 amide bonds. The van der Waals surface area contributed by atoms with E-state index < -0.39 is 0 Å². The first kappa shape index (κ1) is 16.9. The van der Waals surface area contributed by atoms with Gasteiger partial charge in [-0.1, -0.05) is 18.3 Å². The molecule has 1 aliphatic rings. The molecule has 0 unspecified atom stereocenters. The highest BCUT2D eigenvalue weighted by molar-refractivity contribution is 7.08. The van der Waals surface area contributed by atoms with Gasteiger partial charge >= 0.3 is 4.87 Å². The van der Waals surface area contributed by atoms with Crippen LogP contribution in [0.15, 0.2) is 14.4 Å². The minimum absolute atomic E-state index is 0.144. The third-order valence-corrected chi connectivity index (χ3v) is 5.20. The van der Waals surface area contributed by atoms with Crippen LogP contribution >= 0.6 is 11.3 Å². The summed E-state index contributed by atoms with van der Waals surface area (Å²) in [5.74, 6) is 0. The van der Waals surface area contributed by atoms with Crippen molar-refractivity contribution in [1.82, 2.24) is 10.2 Å². The third kappa shape index (κ3) is 3.28. The van der Waals surface area contributed by atoms with Crippen LogP contribution in [-0.2, 0) is 6.42 Å². The topological polar surface area (TPSA) is 86.4 Å². The van der Waals surface area contributed by atoms with E-state index in [0.29, 0.717) is 24.3 Å². The number of anilines is 2. The van der Waals surface area contributed by atoms with Crippen LogP contribution in [0.1, 0.15) is 37.6 Å². The highest BCUT2D eigenvalue weighted by Crippen LogP contribution is 2.28. The largest absolute Gasteiger partial charge is 0.366 e. The van der Waals surface area contributed by atoms with E-state index in [1.54, 1.807) is 0 Å². The Morgan fingerprint density at radius 2 is 1.92 bits per heavy atom. The Morgan fingerprint density at radius 3 is 2.54 bits per heavy atom. The highest BCUT2D eigenvalue weighted by Gasteiger charge is 2.30. The smallest absolute Gasteiger partial charge is 0.322 e. The lowest BCUT2D eigenvalue weighted by Gasteiger charge is -2.30. The first-order chi connectivity index (χ1) is 11.6. The first-order valence-electron chi connectivity index (χ1n) is 8.49. The zero-order valence-corrected chi connectivity index (χ0v) is 14.7. The number of hydrogen-bond donors (Lipinski definition) is 1. The molecule has 1 aromatic carbocycles. The monoisotopic (exact) mass is 350 g/mol. The molecule has 1 N–H and O–H groups in total. The van der Waals surface area contributed by atoms with Gasteiger partial charge in [0.2, 0.25) is 0 Å². The van der Waals surface area contributed by atoms with Gasteiger partial charge in [-0.25, -0.2) is 5.10 Å². The molecule has 7 nitrogen and oxygen atoms in total. The molecule has 2 aromatic rings. The Balaban J connectivity index is 1.71. The quantitative estimate of drug-likeness (QED) is 0.711. The maximum Gasteiger partial charge on any atom is 0.322 e. The molecule has 0 bridgehead atoms. The molecule has 0 saturated carbocycles. The fourth-order valence-corrected chi connectivity index (χ4v) is 3.93. The number of aromatic nitrogens is 2. The molecule has 0 aliphatic carbocycles. The van der Waals surface area contributed by atoms with Gasteiger partial charge in [0.1, 0.15) is 16.4 Å². The predicted molar refractivity (Wildman–Crippen MR) is 96.4 cm³/mol. The van der Waals surface area contributed by atoms with E-state index in [1.807, 2.05) is 4.90 Å². The van der Waals surface area contributed by atoms with Crippen LogP contribution in [0.5, 0.6) is 0 Å². The van der Waals surface area contributed by atoms with Gasteiger partial charge in [0.25, 0.3) is 10.9 Å². The van der Waals surface area contributed by atoms with Crippen LogP contribution in [0.4, 0.5) is 11.4 Å². The van der Waals surface area contributed by atoms with Crippen LogP contribution < -0.4 is 25.5 Å². The predicted octanol–water partition coefficient (Wildman–Crippen LogP) is 0.877. The average Bonchev–Trinajstić information content (AvgIpc) is 3.22. The zero-order valence-electron chi connectivity index (χ0n) is 13.8. The Labute approximate surface area is 143 Å². The van der Waals surface area contributed by atoms with Gasteiger partial charge in [0.05, 0.1) is 0 Å². The van der Waals surface area contributed by atoms with Gasteiger partial charge < -0.3 is 9.80 Å². The van der Waals surface area contributed by atoms with Gasteiger partial charge in [0.15, 0.2) is 0 Å². The fourth-order valence-electron chi connectivity index (χ4n) is 3.29. The van der Waals surface area contributed by atoms with Crippen molar-refractivity contribution in [3.05, 3.63) is 35.1 Å². The summed E-state index contributed by atoms with van der Waals surface area (Å²) in [6, 6.07) is 0. The van der Waals surface area contributed by atoms with Crippen molar-refractivity contribution in [1.29, 1.82) is 0 Å². The summed E-state index contributed by atoms with van der Waals surface area (Å²) < 4.78 is 0. The van der Waals surface area contributed by atoms with Crippen molar-refractivity contribution >= 4 is 22.7 Å². The molecule has 1 saturated heterocycles. The zero-order chi connectivity index (χ0) is 17.1. The Hall–Kier alpha value is -1.96. The summed E-state index contributed by atoms with van der Waals surface area (Å²) >= 11 is 1.12. The maximum atomic E-state index is 12.1. The Bertz CT molecular complexity index is 812. The molecule has 2 heterocycles. The summed E-state index contributed by atoms with van der Waals surface area (Å²) in [4.78, 5) is 39.3. The van der Waals surface area contributed by atoms with E-state index in [9.17, 15) is 14.4 Å². The SMILES string of the molecule is CCCN(CCCc1n[nH]c(=O)s1)c1c(N2CCCC2)c(=O)c1=O. The fraction of sp³-hybridized carbons (Fsp3) is 0.625. The lowest BCUT2D eigenvalue weighted by Crippen LogP contribution is -2.46. The molecule has 8 heteroatoms. The molecule has 0 radical (unpaired) electrons. The van der Waals surface area contributed by atoms with Crippen molar-refractivity contribution in [2.75, 3.05) is 36.0 Å². The van der Waals surface area contributed by atoms with E-state index >= 15 is 0 Å². The minimum Gasteiger partial charge on any atom is -0.366 e. The molecule has 130 valence electrons. The normalized spacial score (nSPS) is 14.6. The molecule has 0 atom stereocenters. The van der Waals surface area contributed by atoms with Gasteiger partial charge in [-0.3, -0.25) is 14.4 Å². The molecular formula is C16H22N4O3S. The number of aromatic amines is 1. The molecule has 1 aliphatic heterocycles. The van der Waals surface area contributed by atoms with Gasteiger partial charge in [-0.2, -0.15) is 5.10 Å². The molecule has 1 fully saturated rings. The summed E-state index contributed by atoms with van der Waals surface area (Å²) in [7, 11) is 0. The number of hydrogen-bond acceptors (Lipinski definition) is 7. The lowest BCUT2D eigenvalue weighted by molar-refractivity contribution is 0.703. The Morgan fingerprint density at radius 1 is 1.17 bits per heavy atom. The number of rotatable bonds is 8. The second-order valence-corrected chi connectivity index (χ2v) is 7.19. The van der Waals surface area contributed by atoms with Crippen molar-refractivity contribution in [3.63, 3.8) is 0 Å². The van der Waals surface area contributed by atoms with E-state index in [0.717, 1.165) is 61.7 Å². The summed E-state index contributed by atoms with van der Waals surface area (Å²) in [5.41, 5.74) is 0.530. The summed E-state index contributed by atoms with van der Waals surface area (Å²) in [6.07, 6.45) is 4.54. The Kier molecular flexibility index (Phi) is 5.13. The van der Waals surface area contributed by atoms with Crippen LogP contribution in [0.2, 0.25) is 0 Å². The van der Waals surface area contributed by atoms with E-state index in [4.69, 9.17) is 0 Å². The molecular weight excluding hydrogens is 328 g/mol. The molecule has 24 heavy (non-hydrogen) atoms. The van der Waals surface area contributed by atoms with E-state index in [-0.39, 0.29) is 15.7 Å². The van der Waals surface area contributed by atoms with E-state index in [1.165, 1.54) is 0 Å². The van der Waals surface area contributed by atoms with Gasteiger partial charge in [-0.05, 0) is 25.7 Å². The standard InChI is InChI=1S/C16H22N4O3S/c1-2-7-19(10-5-6-11-17-18-16(23)24-11)12-13(15(22)14(12)21)20-8-3-4-9-20/h2-10H2,1H3,(H,18,23). The van der Waals surface area contributed by atoms with Crippen molar-refractivity contribution in [2.45, 2.75) is 39.0 Å². The summed E-state index contributed by atoms with van der Waals surface area (Å²) in [6.45, 7) is 5.22. The number of H-pyrrole nitrogens is 1. The third-order valence-electron chi connectivity index (χ3n) is 4.39. The molecule has 0 spiro atoms. The van der Waals surface area contributed by atoms with Crippen LogP contribution in [0.3, 0.4) is 0 Å². The molecule has 1 aromatic heterocycles. The van der Waals surface area contributed by atoms with Crippen LogP contribution in [-0.4, -0.2) is 36.4 Å².